The van der Waals surface area contributed by atoms with E-state index in [2.05, 4.69) is 4.74 Å². The number of nitro groups is 1. The number of alkyl halides is 2. The molecule has 7 heteroatoms. The number of nitrogens with zero attached hydrogens (tertiary/aromatic N) is 1. The Morgan fingerprint density at radius 3 is 2.59 bits per heavy atom. The van der Waals surface area contributed by atoms with Crippen LogP contribution in [0.1, 0.15) is 18.4 Å². The zero-order valence-corrected chi connectivity index (χ0v) is 8.80. The van der Waals surface area contributed by atoms with E-state index in [4.69, 9.17) is 0 Å². The van der Waals surface area contributed by atoms with Gasteiger partial charge in [-0.05, 0) is 6.07 Å². The lowest BCUT2D eigenvalue weighted by Crippen LogP contribution is -2.07. The summed E-state index contributed by atoms with van der Waals surface area (Å²) in [5.41, 5.74) is -0.560. The molecule has 0 saturated carbocycles. The molecule has 1 unspecified atom stereocenters. The molecule has 92 valence electrons. The second-order valence-electron chi connectivity index (χ2n) is 3.25. The van der Waals surface area contributed by atoms with Crippen molar-refractivity contribution < 1.29 is 23.2 Å². The van der Waals surface area contributed by atoms with Crippen LogP contribution in [0.4, 0.5) is 14.5 Å². The second-order valence-corrected chi connectivity index (χ2v) is 3.25. The van der Waals surface area contributed by atoms with Crippen molar-refractivity contribution >= 4 is 12.0 Å². The van der Waals surface area contributed by atoms with E-state index in [9.17, 15) is 23.7 Å². The summed E-state index contributed by atoms with van der Waals surface area (Å²) in [6, 6.07) is 3.71. The molecule has 0 fully saturated rings. The van der Waals surface area contributed by atoms with Crippen molar-refractivity contribution in [1.29, 1.82) is 0 Å². The average Bonchev–Trinajstić information content (AvgIpc) is 2.26. The molecule has 0 bridgehead atoms. The largest absolute Gasteiger partial charge is 0.427 e. The van der Waals surface area contributed by atoms with Crippen LogP contribution >= 0.6 is 0 Å². The van der Waals surface area contributed by atoms with Crippen molar-refractivity contribution in [2.45, 2.75) is 19.5 Å². The number of ether oxygens (including phenoxy) is 1. The minimum atomic E-state index is -3.16. The zero-order chi connectivity index (χ0) is 13.0. The second kappa shape index (κ2) is 5.33. The number of hydrogen-bond donors (Lipinski definition) is 0. The number of benzene rings is 1. The van der Waals surface area contributed by atoms with Crippen molar-refractivity contribution in [2.24, 2.45) is 0 Å². The first kappa shape index (κ1) is 13.0. The Hall–Kier alpha value is -2.05. The Morgan fingerprint density at radius 1 is 1.47 bits per heavy atom. The average molecular weight is 245 g/mol. The van der Waals surface area contributed by atoms with Crippen LogP contribution in [0.25, 0.3) is 0 Å². The number of aldehydes is 1. The summed E-state index contributed by atoms with van der Waals surface area (Å²) in [6.45, 7) is -1.72. The van der Waals surface area contributed by atoms with Crippen molar-refractivity contribution in [3.8, 4) is 5.75 Å². The number of nitro benzene ring substituents is 1. The summed E-state index contributed by atoms with van der Waals surface area (Å²) in [5, 5.41) is 10.8. The maximum absolute atomic E-state index is 12.1. The van der Waals surface area contributed by atoms with E-state index in [1.54, 1.807) is 0 Å². The van der Waals surface area contributed by atoms with Crippen molar-refractivity contribution in [2.75, 3.05) is 0 Å². The van der Waals surface area contributed by atoms with Gasteiger partial charge in [0.25, 0.3) is 0 Å². The van der Waals surface area contributed by atoms with Crippen molar-refractivity contribution in [3.63, 3.8) is 0 Å². The molecule has 0 spiro atoms. The van der Waals surface area contributed by atoms with Gasteiger partial charge in [0.2, 0.25) is 5.75 Å². The first-order chi connectivity index (χ1) is 7.97. The molecule has 0 aromatic heterocycles. The summed E-state index contributed by atoms with van der Waals surface area (Å²) in [6.07, 6.45) is 0.495. The van der Waals surface area contributed by atoms with Gasteiger partial charge in [-0.2, -0.15) is 8.78 Å². The molecule has 1 rings (SSSR count). The van der Waals surface area contributed by atoms with E-state index in [0.717, 1.165) is 6.07 Å². The maximum Gasteiger partial charge on any atom is 0.387 e. The van der Waals surface area contributed by atoms with Gasteiger partial charge in [0.05, 0.1) is 4.92 Å². The number of hydrogen-bond acceptors (Lipinski definition) is 4. The number of rotatable bonds is 5. The molecule has 0 heterocycles. The quantitative estimate of drug-likeness (QED) is 0.454. The highest BCUT2D eigenvalue weighted by Gasteiger charge is 2.25. The molecule has 0 N–H and O–H groups in total. The van der Waals surface area contributed by atoms with Crippen molar-refractivity contribution in [3.05, 3.63) is 33.9 Å². The predicted octanol–water partition coefficient (Wildman–Crippen LogP) is 2.50. The molecule has 17 heavy (non-hydrogen) atoms. The fourth-order valence-corrected chi connectivity index (χ4v) is 1.37. The summed E-state index contributed by atoms with van der Waals surface area (Å²) < 4.78 is 28.2. The fraction of sp³-hybridized carbons (Fsp3) is 0.300. The molecule has 0 radical (unpaired) electrons. The van der Waals surface area contributed by atoms with E-state index in [-0.39, 0.29) is 5.56 Å². The van der Waals surface area contributed by atoms with Crippen LogP contribution in [-0.4, -0.2) is 17.8 Å². The molecule has 0 aliphatic carbocycles. The normalized spacial score (nSPS) is 12.2. The smallest absolute Gasteiger partial charge is 0.387 e. The predicted molar refractivity (Wildman–Crippen MR) is 54.2 cm³/mol. The van der Waals surface area contributed by atoms with Crippen LogP contribution in [0.2, 0.25) is 0 Å². The third kappa shape index (κ3) is 2.96. The summed E-state index contributed by atoms with van der Waals surface area (Å²) in [5.74, 6) is -1.31. The lowest BCUT2D eigenvalue weighted by molar-refractivity contribution is -0.387. The lowest BCUT2D eigenvalue weighted by Gasteiger charge is -2.10. The molecule has 0 amide bonds. The standard InChI is InChI=1S/C10H9F2NO4/c1-6(5-14)7-3-2-4-8(17-10(11)12)9(7)13(15)16/h2-6,10H,1H3. The van der Waals surface area contributed by atoms with Crippen molar-refractivity contribution in [1.82, 2.24) is 0 Å². The Bertz CT molecular complexity index is 436. The van der Waals surface area contributed by atoms with E-state index in [1.165, 1.54) is 19.1 Å². The van der Waals surface area contributed by atoms with Gasteiger partial charge in [-0.15, -0.1) is 0 Å². The SMILES string of the molecule is CC(C=O)c1cccc(OC(F)F)c1[N+](=O)[O-]. The van der Waals surface area contributed by atoms with Crippen LogP contribution in [-0.2, 0) is 4.79 Å². The monoisotopic (exact) mass is 245 g/mol. The van der Waals surface area contributed by atoms with Gasteiger partial charge in [0, 0.05) is 11.5 Å². The molecule has 0 aliphatic rings. The molecule has 0 saturated heterocycles. The highest BCUT2D eigenvalue weighted by Crippen LogP contribution is 2.35. The molecule has 0 aliphatic heterocycles. The third-order valence-electron chi connectivity index (χ3n) is 2.12. The number of carbonyl (C=O) groups excluding carboxylic acids is 1. The first-order valence-corrected chi connectivity index (χ1v) is 4.64. The van der Waals surface area contributed by atoms with Gasteiger partial charge in [-0.25, -0.2) is 0 Å². The minimum Gasteiger partial charge on any atom is -0.427 e. The maximum atomic E-state index is 12.1. The van der Waals surface area contributed by atoms with E-state index in [1.807, 2.05) is 0 Å². The Morgan fingerprint density at radius 2 is 2.12 bits per heavy atom. The van der Waals surface area contributed by atoms with Crippen LogP contribution < -0.4 is 4.74 Å². The van der Waals surface area contributed by atoms with Gasteiger partial charge < -0.3 is 9.53 Å². The van der Waals surface area contributed by atoms with Crippen LogP contribution in [0.5, 0.6) is 5.75 Å². The van der Waals surface area contributed by atoms with E-state index >= 15 is 0 Å². The highest BCUT2D eigenvalue weighted by atomic mass is 19.3. The van der Waals surface area contributed by atoms with Gasteiger partial charge in [-0.3, -0.25) is 10.1 Å². The molecule has 1 aromatic carbocycles. The summed E-state index contributed by atoms with van der Waals surface area (Å²) in [4.78, 5) is 20.6. The van der Waals surface area contributed by atoms with E-state index < -0.39 is 28.9 Å². The Kier molecular flexibility index (Phi) is 4.08. The fourth-order valence-electron chi connectivity index (χ4n) is 1.37. The zero-order valence-electron chi connectivity index (χ0n) is 8.80. The molecular formula is C10H9F2NO4. The summed E-state index contributed by atoms with van der Waals surface area (Å²) >= 11 is 0. The third-order valence-corrected chi connectivity index (χ3v) is 2.12. The Labute approximate surface area is 95.2 Å². The number of halogens is 2. The van der Waals surface area contributed by atoms with E-state index in [0.29, 0.717) is 6.29 Å². The van der Waals surface area contributed by atoms with Crippen LogP contribution in [0.3, 0.4) is 0 Å². The Balaban J connectivity index is 3.31. The number of para-hydroxylation sites is 1. The van der Waals surface area contributed by atoms with Gasteiger partial charge in [0.1, 0.15) is 6.29 Å². The molecule has 5 nitrogen and oxygen atoms in total. The molecule has 1 aromatic rings. The summed E-state index contributed by atoms with van der Waals surface area (Å²) in [7, 11) is 0. The lowest BCUT2D eigenvalue weighted by atomic mass is 10.0. The first-order valence-electron chi connectivity index (χ1n) is 4.64. The highest BCUT2D eigenvalue weighted by molar-refractivity contribution is 5.67. The number of carbonyl (C=O) groups is 1. The van der Waals surface area contributed by atoms with Crippen LogP contribution in [0, 0.1) is 10.1 Å². The topological polar surface area (TPSA) is 69.4 Å². The van der Waals surface area contributed by atoms with Gasteiger partial charge >= 0.3 is 12.3 Å². The van der Waals surface area contributed by atoms with Gasteiger partial charge in [0.15, 0.2) is 0 Å². The minimum absolute atomic E-state index is 0.0446. The van der Waals surface area contributed by atoms with Crippen LogP contribution in [0.15, 0.2) is 18.2 Å². The molecular weight excluding hydrogens is 236 g/mol. The van der Waals surface area contributed by atoms with Gasteiger partial charge in [-0.1, -0.05) is 19.1 Å². The molecule has 1 atom stereocenters.